The Bertz CT molecular complexity index is 783. The number of hydrogen-bond acceptors (Lipinski definition) is 3. The molecule has 6 heteroatoms. The summed E-state index contributed by atoms with van der Waals surface area (Å²) in [6.45, 7) is 2.25. The van der Waals surface area contributed by atoms with Crippen LogP contribution in [0.15, 0.2) is 30.5 Å². The van der Waals surface area contributed by atoms with Gasteiger partial charge in [0.05, 0.1) is 5.92 Å². The highest BCUT2D eigenvalue weighted by atomic mass is 16.3. The van der Waals surface area contributed by atoms with E-state index in [4.69, 9.17) is 0 Å². The van der Waals surface area contributed by atoms with Crippen LogP contribution in [-0.4, -0.2) is 52.1 Å². The number of aliphatic hydroxyl groups is 1. The Morgan fingerprint density at radius 2 is 2.00 bits per heavy atom. The van der Waals surface area contributed by atoms with Gasteiger partial charge in [-0.15, -0.1) is 0 Å². The SMILES string of the molecule is C[C@@H]1[C@@H](C(=O)NCCc2cn(C)c3ccccc23)[C@@H](O)C(=O)N1C. The first kappa shape index (κ1) is 16.5. The molecule has 3 rings (SSSR count). The zero-order valence-electron chi connectivity index (χ0n) is 14.2. The smallest absolute Gasteiger partial charge is 0.252 e. The normalized spacial score (nSPS) is 23.9. The topological polar surface area (TPSA) is 74.6 Å². The maximum Gasteiger partial charge on any atom is 0.252 e. The van der Waals surface area contributed by atoms with Crippen molar-refractivity contribution in [2.24, 2.45) is 13.0 Å². The summed E-state index contributed by atoms with van der Waals surface area (Å²) in [7, 11) is 3.61. The Balaban J connectivity index is 1.64. The molecule has 1 aliphatic rings. The third-order valence-electron chi connectivity index (χ3n) is 5.05. The van der Waals surface area contributed by atoms with Crippen molar-refractivity contribution in [3.8, 4) is 0 Å². The molecule has 0 unspecified atom stereocenters. The van der Waals surface area contributed by atoms with Gasteiger partial charge in [0.25, 0.3) is 5.91 Å². The molecule has 0 aliphatic carbocycles. The quantitative estimate of drug-likeness (QED) is 0.866. The first-order valence-corrected chi connectivity index (χ1v) is 8.17. The molecular formula is C18H23N3O3. The molecular weight excluding hydrogens is 306 g/mol. The average molecular weight is 329 g/mol. The van der Waals surface area contributed by atoms with Crippen LogP contribution in [0.2, 0.25) is 0 Å². The van der Waals surface area contributed by atoms with Crippen LogP contribution in [0, 0.1) is 5.92 Å². The molecule has 1 aliphatic heterocycles. The van der Waals surface area contributed by atoms with Crippen LogP contribution >= 0.6 is 0 Å². The highest BCUT2D eigenvalue weighted by Gasteiger charge is 2.46. The summed E-state index contributed by atoms with van der Waals surface area (Å²) >= 11 is 0. The summed E-state index contributed by atoms with van der Waals surface area (Å²) in [5.41, 5.74) is 2.33. The third kappa shape index (κ3) is 2.67. The molecule has 2 amide bonds. The minimum Gasteiger partial charge on any atom is -0.382 e. The van der Waals surface area contributed by atoms with Crippen LogP contribution < -0.4 is 5.32 Å². The van der Waals surface area contributed by atoms with Crippen molar-refractivity contribution in [1.29, 1.82) is 0 Å². The number of nitrogens with zero attached hydrogens (tertiary/aromatic N) is 2. The minimum atomic E-state index is -1.25. The van der Waals surface area contributed by atoms with E-state index in [1.165, 1.54) is 15.8 Å². The van der Waals surface area contributed by atoms with E-state index in [0.29, 0.717) is 13.0 Å². The van der Waals surface area contributed by atoms with Crippen LogP contribution in [0.1, 0.15) is 12.5 Å². The lowest BCUT2D eigenvalue weighted by molar-refractivity contribution is -0.137. The second-order valence-corrected chi connectivity index (χ2v) is 6.48. The second kappa shape index (κ2) is 6.28. The Morgan fingerprint density at radius 1 is 1.29 bits per heavy atom. The number of nitrogens with one attached hydrogen (secondary N) is 1. The van der Waals surface area contributed by atoms with Crippen LogP contribution in [0.4, 0.5) is 0 Å². The fourth-order valence-corrected chi connectivity index (χ4v) is 3.49. The van der Waals surface area contributed by atoms with E-state index in [0.717, 1.165) is 5.52 Å². The van der Waals surface area contributed by atoms with Gasteiger partial charge in [-0.1, -0.05) is 18.2 Å². The summed E-state index contributed by atoms with van der Waals surface area (Å²) in [6.07, 6.45) is 1.53. The zero-order valence-corrected chi connectivity index (χ0v) is 14.2. The number of hydrogen-bond donors (Lipinski definition) is 2. The van der Waals surface area contributed by atoms with Gasteiger partial charge in [-0.05, 0) is 25.0 Å². The molecule has 6 nitrogen and oxygen atoms in total. The molecule has 2 N–H and O–H groups in total. The molecule has 1 fully saturated rings. The van der Waals surface area contributed by atoms with E-state index < -0.39 is 17.9 Å². The number of carbonyl (C=O) groups is 2. The number of fused-ring (bicyclic) bond motifs is 1. The van der Waals surface area contributed by atoms with E-state index in [9.17, 15) is 14.7 Å². The van der Waals surface area contributed by atoms with E-state index >= 15 is 0 Å². The van der Waals surface area contributed by atoms with Crippen molar-refractivity contribution in [3.63, 3.8) is 0 Å². The van der Waals surface area contributed by atoms with Gasteiger partial charge >= 0.3 is 0 Å². The molecule has 3 atom stereocenters. The lowest BCUT2D eigenvalue weighted by Crippen LogP contribution is -2.41. The number of para-hydroxylation sites is 1. The predicted octanol–water partition coefficient (Wildman–Crippen LogP) is 0.675. The maximum atomic E-state index is 12.4. The standard InChI is InChI=1S/C18H23N3O3/c1-11-15(16(22)18(24)21(11)3)17(23)19-9-8-12-10-20(2)14-7-5-4-6-13(12)14/h4-7,10-11,15-16,22H,8-9H2,1-3H3,(H,19,23)/t11-,15-,16-/m1/s1. The highest BCUT2D eigenvalue weighted by Crippen LogP contribution is 2.25. The van der Waals surface area contributed by atoms with Gasteiger partial charge in [-0.25, -0.2) is 0 Å². The Labute approximate surface area is 141 Å². The van der Waals surface area contributed by atoms with Gasteiger partial charge in [-0.2, -0.15) is 0 Å². The van der Waals surface area contributed by atoms with Crippen LogP contribution in [0.3, 0.4) is 0 Å². The summed E-state index contributed by atoms with van der Waals surface area (Å²) in [5.74, 6) is -1.38. The van der Waals surface area contributed by atoms with Gasteiger partial charge in [0.1, 0.15) is 6.10 Å². The lowest BCUT2D eigenvalue weighted by Gasteiger charge is -2.19. The van der Waals surface area contributed by atoms with Crippen LogP contribution in [0.25, 0.3) is 10.9 Å². The molecule has 0 saturated carbocycles. The summed E-state index contributed by atoms with van der Waals surface area (Å²) in [6, 6.07) is 7.84. The molecule has 0 bridgehead atoms. The van der Waals surface area contributed by atoms with Gasteiger partial charge in [0, 0.05) is 43.8 Å². The molecule has 0 radical (unpaired) electrons. The number of likely N-dealkylation sites (N-methyl/N-ethyl adjacent to an activating group) is 1. The number of rotatable bonds is 4. The minimum absolute atomic E-state index is 0.270. The number of likely N-dealkylation sites (tertiary alicyclic amines) is 1. The van der Waals surface area contributed by atoms with Gasteiger partial charge in [0.2, 0.25) is 5.91 Å². The van der Waals surface area contributed by atoms with Crippen molar-refractivity contribution in [1.82, 2.24) is 14.8 Å². The molecule has 1 aromatic carbocycles. The summed E-state index contributed by atoms with van der Waals surface area (Å²) in [4.78, 5) is 25.6. The van der Waals surface area contributed by atoms with Crippen molar-refractivity contribution >= 4 is 22.7 Å². The Hall–Kier alpha value is -2.34. The number of amides is 2. The fraction of sp³-hybridized carbons (Fsp3) is 0.444. The van der Waals surface area contributed by atoms with Crippen LogP contribution in [-0.2, 0) is 23.1 Å². The number of aromatic nitrogens is 1. The molecule has 0 spiro atoms. The molecule has 24 heavy (non-hydrogen) atoms. The predicted molar refractivity (Wildman–Crippen MR) is 91.4 cm³/mol. The molecule has 1 saturated heterocycles. The monoisotopic (exact) mass is 329 g/mol. The molecule has 1 aromatic heterocycles. The van der Waals surface area contributed by atoms with Gasteiger partial charge in [-0.3, -0.25) is 9.59 Å². The number of benzene rings is 1. The average Bonchev–Trinajstić information content (AvgIpc) is 2.98. The second-order valence-electron chi connectivity index (χ2n) is 6.48. The van der Waals surface area contributed by atoms with Gasteiger partial charge < -0.3 is 19.9 Å². The number of aryl methyl sites for hydroxylation is 1. The van der Waals surface area contributed by atoms with Crippen molar-refractivity contribution < 1.29 is 14.7 Å². The van der Waals surface area contributed by atoms with Crippen molar-refractivity contribution in [2.45, 2.75) is 25.5 Å². The number of aliphatic hydroxyl groups excluding tert-OH is 1. The van der Waals surface area contributed by atoms with Crippen molar-refractivity contribution in [2.75, 3.05) is 13.6 Å². The Morgan fingerprint density at radius 3 is 2.67 bits per heavy atom. The third-order valence-corrected chi connectivity index (χ3v) is 5.05. The van der Waals surface area contributed by atoms with Crippen molar-refractivity contribution in [3.05, 3.63) is 36.0 Å². The summed E-state index contributed by atoms with van der Waals surface area (Å²) < 4.78 is 2.07. The highest BCUT2D eigenvalue weighted by molar-refractivity contribution is 5.93. The molecule has 128 valence electrons. The fourth-order valence-electron chi connectivity index (χ4n) is 3.49. The van der Waals surface area contributed by atoms with E-state index in [1.807, 2.05) is 19.2 Å². The number of carbonyl (C=O) groups excluding carboxylic acids is 2. The first-order valence-electron chi connectivity index (χ1n) is 8.17. The first-order chi connectivity index (χ1) is 11.4. The maximum absolute atomic E-state index is 12.4. The van der Waals surface area contributed by atoms with E-state index in [2.05, 4.69) is 28.2 Å². The van der Waals surface area contributed by atoms with E-state index in [1.54, 1.807) is 14.0 Å². The van der Waals surface area contributed by atoms with E-state index in [-0.39, 0.29) is 11.9 Å². The Kier molecular flexibility index (Phi) is 4.32. The largest absolute Gasteiger partial charge is 0.382 e. The zero-order chi connectivity index (χ0) is 17.4. The molecule has 2 heterocycles. The summed E-state index contributed by atoms with van der Waals surface area (Å²) in [5, 5.41) is 14.0. The van der Waals surface area contributed by atoms with Crippen LogP contribution in [0.5, 0.6) is 0 Å². The molecule has 2 aromatic rings. The van der Waals surface area contributed by atoms with Gasteiger partial charge in [0.15, 0.2) is 0 Å². The lowest BCUT2D eigenvalue weighted by atomic mass is 9.98.